The van der Waals surface area contributed by atoms with Crippen molar-refractivity contribution in [2.75, 3.05) is 5.32 Å². The minimum atomic E-state index is -0.326. The molecular formula is C21H18N4O2S. The zero-order valence-corrected chi connectivity index (χ0v) is 16.0. The number of carbonyl (C=O) groups is 1. The molecule has 0 aliphatic carbocycles. The van der Waals surface area contributed by atoms with Crippen molar-refractivity contribution < 1.29 is 9.53 Å². The zero-order valence-electron chi connectivity index (χ0n) is 15.1. The van der Waals surface area contributed by atoms with Crippen LogP contribution in [0.5, 0.6) is 11.5 Å². The van der Waals surface area contributed by atoms with Crippen molar-refractivity contribution in [3.05, 3.63) is 79.0 Å². The van der Waals surface area contributed by atoms with E-state index in [2.05, 4.69) is 15.5 Å². The Hall–Kier alpha value is -3.32. The molecule has 0 radical (unpaired) electrons. The van der Waals surface area contributed by atoms with E-state index in [9.17, 15) is 4.79 Å². The minimum absolute atomic E-state index is 0.102. The van der Waals surface area contributed by atoms with Crippen LogP contribution in [0.15, 0.2) is 84.1 Å². The van der Waals surface area contributed by atoms with E-state index in [0.717, 1.165) is 11.4 Å². The largest absolute Gasteiger partial charge is 0.457 e. The molecule has 1 amide bonds. The van der Waals surface area contributed by atoms with Crippen LogP contribution in [0.4, 0.5) is 5.69 Å². The van der Waals surface area contributed by atoms with Crippen LogP contribution in [0.1, 0.15) is 6.92 Å². The molecule has 0 saturated carbocycles. The maximum Gasteiger partial charge on any atom is 0.237 e. The summed E-state index contributed by atoms with van der Waals surface area (Å²) in [6.07, 6.45) is 1.88. The maximum absolute atomic E-state index is 12.5. The molecule has 0 fully saturated rings. The number of hydrogen-bond donors (Lipinski definition) is 1. The first-order valence-electron chi connectivity index (χ1n) is 8.79. The van der Waals surface area contributed by atoms with Crippen LogP contribution in [0.3, 0.4) is 0 Å². The van der Waals surface area contributed by atoms with Crippen molar-refractivity contribution in [3.63, 3.8) is 0 Å². The molecule has 28 heavy (non-hydrogen) atoms. The molecule has 1 N–H and O–H groups in total. The standard InChI is InChI=1S/C21H18N4O2S/c1-15(28-21-24-23-19-9-5-6-14-25(19)21)20(26)22-16-10-12-18(13-11-16)27-17-7-3-2-4-8-17/h2-15H,1H3,(H,22,26)/t15-/m0/s1. The fourth-order valence-electron chi connectivity index (χ4n) is 2.59. The molecular weight excluding hydrogens is 372 g/mol. The summed E-state index contributed by atoms with van der Waals surface area (Å²) < 4.78 is 7.63. The van der Waals surface area contributed by atoms with Gasteiger partial charge in [-0.25, -0.2) is 0 Å². The molecule has 0 unspecified atom stereocenters. The van der Waals surface area contributed by atoms with Crippen LogP contribution in [0.2, 0.25) is 0 Å². The van der Waals surface area contributed by atoms with E-state index in [1.54, 1.807) is 0 Å². The van der Waals surface area contributed by atoms with E-state index in [1.165, 1.54) is 11.8 Å². The fourth-order valence-corrected chi connectivity index (χ4v) is 3.42. The first-order chi connectivity index (χ1) is 13.7. The number of fused-ring (bicyclic) bond motifs is 1. The van der Waals surface area contributed by atoms with Gasteiger partial charge in [0.05, 0.1) is 5.25 Å². The normalized spacial score (nSPS) is 11.9. The number of carbonyl (C=O) groups excluding carboxylic acids is 1. The average molecular weight is 390 g/mol. The lowest BCUT2D eigenvalue weighted by Crippen LogP contribution is -2.22. The van der Waals surface area contributed by atoms with Gasteiger partial charge in [0.15, 0.2) is 10.8 Å². The number of nitrogens with zero attached hydrogens (tertiary/aromatic N) is 3. The van der Waals surface area contributed by atoms with Gasteiger partial charge in [0.2, 0.25) is 5.91 Å². The Morgan fingerprint density at radius 3 is 2.46 bits per heavy atom. The predicted molar refractivity (Wildman–Crippen MR) is 110 cm³/mol. The Morgan fingerprint density at radius 2 is 1.68 bits per heavy atom. The van der Waals surface area contributed by atoms with Gasteiger partial charge in [-0.15, -0.1) is 10.2 Å². The molecule has 2 heterocycles. The summed E-state index contributed by atoms with van der Waals surface area (Å²) in [4.78, 5) is 12.5. The lowest BCUT2D eigenvalue weighted by molar-refractivity contribution is -0.115. The topological polar surface area (TPSA) is 68.5 Å². The van der Waals surface area contributed by atoms with Gasteiger partial charge in [0.1, 0.15) is 11.5 Å². The number of benzene rings is 2. The second kappa shape index (κ2) is 8.14. The summed E-state index contributed by atoms with van der Waals surface area (Å²) in [5, 5.41) is 11.5. The molecule has 4 rings (SSSR count). The van der Waals surface area contributed by atoms with Crippen molar-refractivity contribution in [3.8, 4) is 11.5 Å². The van der Waals surface area contributed by atoms with Crippen LogP contribution in [-0.2, 0) is 4.79 Å². The second-order valence-electron chi connectivity index (χ2n) is 6.10. The highest BCUT2D eigenvalue weighted by Gasteiger charge is 2.18. The quantitative estimate of drug-likeness (QED) is 0.486. The summed E-state index contributed by atoms with van der Waals surface area (Å²) in [7, 11) is 0. The van der Waals surface area contributed by atoms with E-state index < -0.39 is 0 Å². The molecule has 4 aromatic rings. The third-order valence-corrected chi connectivity index (χ3v) is 5.09. The van der Waals surface area contributed by atoms with Gasteiger partial charge < -0.3 is 10.1 Å². The Balaban J connectivity index is 1.37. The molecule has 0 aliphatic heterocycles. The average Bonchev–Trinajstić information content (AvgIpc) is 3.13. The van der Waals surface area contributed by atoms with Gasteiger partial charge in [-0.1, -0.05) is 36.0 Å². The third kappa shape index (κ3) is 4.15. The number of rotatable bonds is 6. The van der Waals surface area contributed by atoms with E-state index in [1.807, 2.05) is 90.3 Å². The van der Waals surface area contributed by atoms with Gasteiger partial charge in [-0.3, -0.25) is 9.20 Å². The Morgan fingerprint density at radius 1 is 0.964 bits per heavy atom. The molecule has 0 spiro atoms. The molecule has 7 heteroatoms. The summed E-state index contributed by atoms with van der Waals surface area (Å²) in [6, 6.07) is 22.5. The molecule has 1 atom stereocenters. The van der Waals surface area contributed by atoms with Gasteiger partial charge in [-0.2, -0.15) is 0 Å². The Bertz CT molecular complexity index is 1080. The van der Waals surface area contributed by atoms with E-state index in [0.29, 0.717) is 16.6 Å². The lowest BCUT2D eigenvalue weighted by atomic mass is 10.3. The van der Waals surface area contributed by atoms with Crippen molar-refractivity contribution in [2.45, 2.75) is 17.3 Å². The smallest absolute Gasteiger partial charge is 0.237 e. The number of hydrogen-bond acceptors (Lipinski definition) is 5. The lowest BCUT2D eigenvalue weighted by Gasteiger charge is -2.12. The number of ether oxygens (including phenoxy) is 1. The molecule has 0 aliphatic rings. The Labute approximate surface area is 166 Å². The summed E-state index contributed by atoms with van der Waals surface area (Å²) >= 11 is 1.36. The summed E-state index contributed by atoms with van der Waals surface area (Å²) in [6.45, 7) is 1.84. The van der Waals surface area contributed by atoms with Gasteiger partial charge in [0.25, 0.3) is 0 Å². The number of pyridine rings is 1. The number of amides is 1. The monoisotopic (exact) mass is 390 g/mol. The van der Waals surface area contributed by atoms with Gasteiger partial charge in [-0.05, 0) is 55.5 Å². The highest BCUT2D eigenvalue weighted by Crippen LogP contribution is 2.25. The van der Waals surface area contributed by atoms with Crippen molar-refractivity contribution in [1.29, 1.82) is 0 Å². The third-order valence-electron chi connectivity index (χ3n) is 4.03. The summed E-state index contributed by atoms with van der Waals surface area (Å²) in [5.41, 5.74) is 1.47. The number of anilines is 1. The molecule has 6 nitrogen and oxygen atoms in total. The van der Waals surface area contributed by atoms with Gasteiger partial charge >= 0.3 is 0 Å². The van der Waals surface area contributed by atoms with E-state index in [-0.39, 0.29) is 11.2 Å². The van der Waals surface area contributed by atoms with Crippen molar-refractivity contribution >= 4 is 29.0 Å². The first kappa shape index (κ1) is 18.1. The van der Waals surface area contributed by atoms with Crippen molar-refractivity contribution in [1.82, 2.24) is 14.6 Å². The molecule has 140 valence electrons. The SMILES string of the molecule is C[C@H](Sc1nnc2ccccn12)C(=O)Nc1ccc(Oc2ccccc2)cc1. The van der Waals surface area contributed by atoms with Crippen LogP contribution in [0, 0.1) is 0 Å². The van der Waals surface area contributed by atoms with Gasteiger partial charge in [0, 0.05) is 11.9 Å². The van der Waals surface area contributed by atoms with E-state index in [4.69, 9.17) is 4.74 Å². The first-order valence-corrected chi connectivity index (χ1v) is 9.67. The molecule has 0 bridgehead atoms. The van der Waals surface area contributed by atoms with Crippen LogP contribution < -0.4 is 10.1 Å². The number of nitrogens with one attached hydrogen (secondary N) is 1. The highest BCUT2D eigenvalue weighted by atomic mass is 32.2. The molecule has 2 aromatic carbocycles. The zero-order chi connectivity index (χ0) is 19.3. The number of para-hydroxylation sites is 1. The highest BCUT2D eigenvalue weighted by molar-refractivity contribution is 8.00. The fraction of sp³-hybridized carbons (Fsp3) is 0.0952. The van der Waals surface area contributed by atoms with E-state index >= 15 is 0 Å². The number of aromatic nitrogens is 3. The van der Waals surface area contributed by atoms with Crippen molar-refractivity contribution in [2.24, 2.45) is 0 Å². The van der Waals surface area contributed by atoms with Crippen LogP contribution in [-0.4, -0.2) is 25.8 Å². The predicted octanol–water partition coefficient (Wildman–Crippen LogP) is 4.64. The molecule has 0 saturated heterocycles. The van der Waals surface area contributed by atoms with Crippen LogP contribution in [0.25, 0.3) is 5.65 Å². The maximum atomic E-state index is 12.5. The minimum Gasteiger partial charge on any atom is -0.457 e. The number of thioether (sulfide) groups is 1. The second-order valence-corrected chi connectivity index (χ2v) is 7.41. The van der Waals surface area contributed by atoms with Crippen LogP contribution >= 0.6 is 11.8 Å². The summed E-state index contributed by atoms with van der Waals surface area (Å²) in [5.74, 6) is 1.38. The molecule has 2 aromatic heterocycles. The Kier molecular flexibility index (Phi) is 5.25.